The van der Waals surface area contributed by atoms with Crippen molar-refractivity contribution in [3.63, 3.8) is 0 Å². The first kappa shape index (κ1) is 14.8. The van der Waals surface area contributed by atoms with E-state index in [0.717, 1.165) is 24.2 Å². The minimum atomic E-state index is 0.341. The molecule has 2 heterocycles. The van der Waals surface area contributed by atoms with Gasteiger partial charge >= 0.3 is 0 Å². The Morgan fingerprint density at radius 1 is 1.24 bits per heavy atom. The molecule has 1 aromatic rings. The molecule has 3 unspecified atom stereocenters. The molecular weight excluding hydrogens is 258 g/mol. The molecule has 1 aliphatic heterocycles. The molecule has 2 fully saturated rings. The number of nitrogens with one attached hydrogen (secondary N) is 1. The van der Waals surface area contributed by atoms with Crippen molar-refractivity contribution >= 4 is 5.69 Å². The van der Waals surface area contributed by atoms with E-state index < -0.39 is 0 Å². The maximum Gasteiger partial charge on any atom is 0.0572 e. The molecule has 3 atom stereocenters. The summed E-state index contributed by atoms with van der Waals surface area (Å²) < 4.78 is 0. The lowest BCUT2D eigenvalue weighted by atomic mass is 9.78. The van der Waals surface area contributed by atoms with Gasteiger partial charge in [0.25, 0.3) is 0 Å². The Bertz CT molecular complexity index is 440. The minimum Gasteiger partial charge on any atom is -0.367 e. The summed E-state index contributed by atoms with van der Waals surface area (Å²) in [6, 6.07) is 5.60. The van der Waals surface area contributed by atoms with Crippen molar-refractivity contribution in [2.24, 2.45) is 5.92 Å². The maximum absolute atomic E-state index is 4.71. The van der Waals surface area contributed by atoms with Crippen molar-refractivity contribution < 1.29 is 0 Å². The molecule has 3 rings (SSSR count). The van der Waals surface area contributed by atoms with Gasteiger partial charge in [-0.05, 0) is 57.2 Å². The lowest BCUT2D eigenvalue weighted by molar-refractivity contribution is 0.243. The van der Waals surface area contributed by atoms with Crippen molar-refractivity contribution in [3.8, 4) is 0 Å². The summed E-state index contributed by atoms with van der Waals surface area (Å²) in [5, 5.41) is 3.43. The molecule has 3 nitrogen and oxygen atoms in total. The van der Waals surface area contributed by atoms with Crippen LogP contribution < -0.4 is 10.2 Å². The predicted molar refractivity (Wildman–Crippen MR) is 88.7 cm³/mol. The van der Waals surface area contributed by atoms with Crippen LogP contribution in [-0.2, 0) is 0 Å². The molecule has 1 saturated carbocycles. The van der Waals surface area contributed by atoms with Gasteiger partial charge in [-0.15, -0.1) is 0 Å². The number of piperidine rings is 1. The van der Waals surface area contributed by atoms with Gasteiger partial charge in [0.2, 0.25) is 0 Å². The van der Waals surface area contributed by atoms with Crippen molar-refractivity contribution in [2.75, 3.05) is 18.0 Å². The second-order valence-electron chi connectivity index (χ2n) is 6.67. The number of fused-ring (bicyclic) bond motifs is 1. The standard InChI is InChI=1S/C18H29N3/c1-3-19-14(2)17-11-10-16(13-20-17)21-12-6-8-15-7-4-5-9-18(15)21/h10-11,13-15,18-19H,3-9,12H2,1-2H3. The summed E-state index contributed by atoms with van der Waals surface area (Å²) in [6.07, 6.45) is 10.5. The Morgan fingerprint density at radius 3 is 2.81 bits per heavy atom. The number of pyridine rings is 1. The molecule has 1 aromatic heterocycles. The van der Waals surface area contributed by atoms with Gasteiger partial charge in [0, 0.05) is 18.6 Å². The summed E-state index contributed by atoms with van der Waals surface area (Å²) >= 11 is 0. The van der Waals surface area contributed by atoms with Crippen LogP contribution in [0.25, 0.3) is 0 Å². The van der Waals surface area contributed by atoms with Gasteiger partial charge in [-0.3, -0.25) is 4.98 Å². The SMILES string of the molecule is CCNC(C)c1ccc(N2CCCC3CCCCC32)cn1. The smallest absolute Gasteiger partial charge is 0.0572 e. The zero-order valence-corrected chi connectivity index (χ0v) is 13.5. The van der Waals surface area contributed by atoms with E-state index in [-0.39, 0.29) is 0 Å². The Morgan fingerprint density at radius 2 is 2.05 bits per heavy atom. The highest BCUT2D eigenvalue weighted by atomic mass is 15.2. The normalized spacial score (nSPS) is 27.2. The zero-order valence-electron chi connectivity index (χ0n) is 13.5. The van der Waals surface area contributed by atoms with Crippen molar-refractivity contribution in [3.05, 3.63) is 24.0 Å². The fourth-order valence-corrected chi connectivity index (χ4v) is 4.18. The third kappa shape index (κ3) is 3.23. The van der Waals surface area contributed by atoms with E-state index in [1.54, 1.807) is 0 Å². The van der Waals surface area contributed by atoms with Gasteiger partial charge in [-0.1, -0.05) is 19.8 Å². The molecule has 1 saturated heterocycles. The molecule has 0 spiro atoms. The highest BCUT2D eigenvalue weighted by Crippen LogP contribution is 2.37. The third-order valence-electron chi connectivity index (χ3n) is 5.30. The largest absolute Gasteiger partial charge is 0.367 e. The molecule has 116 valence electrons. The van der Waals surface area contributed by atoms with Gasteiger partial charge in [-0.2, -0.15) is 0 Å². The fourth-order valence-electron chi connectivity index (χ4n) is 4.18. The topological polar surface area (TPSA) is 28.2 Å². The highest BCUT2D eigenvalue weighted by molar-refractivity contribution is 5.46. The molecule has 1 N–H and O–H groups in total. The summed E-state index contributed by atoms with van der Waals surface area (Å²) in [6.45, 7) is 6.52. The molecular formula is C18H29N3. The van der Waals surface area contributed by atoms with Gasteiger partial charge < -0.3 is 10.2 Å². The second kappa shape index (κ2) is 6.78. The Balaban J connectivity index is 1.73. The first-order valence-electron chi connectivity index (χ1n) is 8.75. The van der Waals surface area contributed by atoms with E-state index in [1.165, 1.54) is 50.8 Å². The molecule has 0 amide bonds. The van der Waals surface area contributed by atoms with Crippen LogP contribution in [0.5, 0.6) is 0 Å². The van der Waals surface area contributed by atoms with Gasteiger partial charge in [0.1, 0.15) is 0 Å². The van der Waals surface area contributed by atoms with E-state index in [1.807, 2.05) is 0 Å². The van der Waals surface area contributed by atoms with Crippen molar-refractivity contribution in [1.29, 1.82) is 0 Å². The molecule has 0 aromatic carbocycles. The highest BCUT2D eigenvalue weighted by Gasteiger charge is 2.33. The van der Waals surface area contributed by atoms with Gasteiger partial charge in [0.15, 0.2) is 0 Å². The Kier molecular flexibility index (Phi) is 4.79. The van der Waals surface area contributed by atoms with E-state index >= 15 is 0 Å². The fraction of sp³-hybridized carbons (Fsp3) is 0.722. The summed E-state index contributed by atoms with van der Waals surface area (Å²) in [4.78, 5) is 7.35. The molecule has 1 aliphatic carbocycles. The zero-order chi connectivity index (χ0) is 14.7. The molecule has 2 aliphatic rings. The summed E-state index contributed by atoms with van der Waals surface area (Å²) in [7, 11) is 0. The van der Waals surface area contributed by atoms with Crippen LogP contribution in [0.1, 0.15) is 64.1 Å². The van der Waals surface area contributed by atoms with Crippen LogP contribution >= 0.6 is 0 Å². The van der Waals surface area contributed by atoms with Crippen LogP contribution in [0.3, 0.4) is 0 Å². The average molecular weight is 287 g/mol. The van der Waals surface area contributed by atoms with Crippen molar-refractivity contribution in [1.82, 2.24) is 10.3 Å². The Hall–Kier alpha value is -1.09. The lowest BCUT2D eigenvalue weighted by Crippen LogP contribution is -2.46. The molecule has 0 bridgehead atoms. The van der Waals surface area contributed by atoms with E-state index in [2.05, 4.69) is 42.4 Å². The van der Waals surface area contributed by atoms with Crippen LogP contribution in [0.4, 0.5) is 5.69 Å². The van der Waals surface area contributed by atoms with Crippen LogP contribution in [0.15, 0.2) is 18.3 Å². The molecule has 3 heteroatoms. The van der Waals surface area contributed by atoms with E-state index in [0.29, 0.717) is 6.04 Å². The number of aromatic nitrogens is 1. The third-order valence-corrected chi connectivity index (χ3v) is 5.30. The van der Waals surface area contributed by atoms with E-state index in [9.17, 15) is 0 Å². The number of anilines is 1. The maximum atomic E-state index is 4.71. The lowest BCUT2D eigenvalue weighted by Gasteiger charge is -2.45. The van der Waals surface area contributed by atoms with Gasteiger partial charge in [0.05, 0.1) is 17.6 Å². The van der Waals surface area contributed by atoms with Gasteiger partial charge in [-0.25, -0.2) is 0 Å². The van der Waals surface area contributed by atoms with Crippen LogP contribution in [-0.4, -0.2) is 24.1 Å². The van der Waals surface area contributed by atoms with Crippen LogP contribution in [0.2, 0.25) is 0 Å². The minimum absolute atomic E-state index is 0.341. The number of hydrogen-bond acceptors (Lipinski definition) is 3. The number of rotatable bonds is 4. The molecule has 0 radical (unpaired) electrons. The molecule has 21 heavy (non-hydrogen) atoms. The second-order valence-corrected chi connectivity index (χ2v) is 6.67. The first-order chi connectivity index (χ1) is 10.3. The first-order valence-corrected chi connectivity index (χ1v) is 8.75. The number of nitrogens with zero attached hydrogens (tertiary/aromatic N) is 2. The van der Waals surface area contributed by atoms with Crippen LogP contribution in [0, 0.1) is 5.92 Å². The van der Waals surface area contributed by atoms with Crippen molar-refractivity contribution in [2.45, 2.75) is 64.5 Å². The summed E-state index contributed by atoms with van der Waals surface area (Å²) in [5.41, 5.74) is 2.48. The Labute approximate surface area is 129 Å². The monoisotopic (exact) mass is 287 g/mol. The van der Waals surface area contributed by atoms with E-state index in [4.69, 9.17) is 4.98 Å². The summed E-state index contributed by atoms with van der Waals surface area (Å²) in [5.74, 6) is 0.924. The average Bonchev–Trinajstić information content (AvgIpc) is 2.55. The quantitative estimate of drug-likeness (QED) is 0.910. The predicted octanol–water partition coefficient (Wildman–Crippen LogP) is 3.91. The number of hydrogen-bond donors (Lipinski definition) is 1.